The number of Topliss-reactive ketones (excluding diaryl/α,β-unsaturated/α-hetero) is 1. The molecular formula is C24H31Cl3O3. The second kappa shape index (κ2) is 12.6. The van der Waals surface area contributed by atoms with Crippen molar-refractivity contribution in [3.8, 4) is 11.5 Å². The summed E-state index contributed by atoms with van der Waals surface area (Å²) in [5.41, 5.74) is 0.721. The van der Waals surface area contributed by atoms with Crippen LogP contribution in [0.3, 0.4) is 0 Å². The summed E-state index contributed by atoms with van der Waals surface area (Å²) >= 11 is 18.1. The Balaban J connectivity index is 1.89. The smallest absolute Gasteiger partial charge is 0.196 e. The first-order valence-corrected chi connectivity index (χ1v) is 12.0. The van der Waals surface area contributed by atoms with Gasteiger partial charge in [0.2, 0.25) is 0 Å². The summed E-state index contributed by atoms with van der Waals surface area (Å²) in [5.74, 6) is -1.13. The summed E-state index contributed by atoms with van der Waals surface area (Å²) in [7, 11) is 0. The van der Waals surface area contributed by atoms with Crippen molar-refractivity contribution >= 4 is 40.6 Å². The normalized spacial score (nSPS) is 13.8. The maximum absolute atomic E-state index is 12.8. The maximum atomic E-state index is 12.8. The van der Waals surface area contributed by atoms with Crippen LogP contribution in [0.4, 0.5) is 0 Å². The lowest BCUT2D eigenvalue weighted by molar-refractivity contribution is 0.102. The number of phenols is 2. The van der Waals surface area contributed by atoms with E-state index < -0.39 is 11.5 Å². The van der Waals surface area contributed by atoms with E-state index in [4.69, 9.17) is 34.8 Å². The van der Waals surface area contributed by atoms with Crippen LogP contribution >= 0.6 is 34.8 Å². The van der Waals surface area contributed by atoms with E-state index in [0.29, 0.717) is 27.6 Å². The van der Waals surface area contributed by atoms with Gasteiger partial charge in [-0.2, -0.15) is 0 Å². The molecule has 1 aliphatic rings. The predicted octanol–water partition coefficient (Wildman–Crippen LogP) is 8.42. The molecule has 0 heterocycles. The minimum absolute atomic E-state index is 0.0574. The van der Waals surface area contributed by atoms with E-state index in [9.17, 15) is 15.0 Å². The molecule has 1 aromatic carbocycles. The van der Waals surface area contributed by atoms with Gasteiger partial charge in [-0.25, -0.2) is 0 Å². The molecule has 0 saturated heterocycles. The summed E-state index contributed by atoms with van der Waals surface area (Å²) in [5, 5.41) is 21.7. The Hall–Kier alpha value is -1.16. The first kappa shape index (κ1) is 25.1. The van der Waals surface area contributed by atoms with Gasteiger partial charge in [-0.15, -0.1) is 0 Å². The molecule has 0 aromatic heterocycles. The lowest BCUT2D eigenvalue weighted by Crippen LogP contribution is -2.05. The summed E-state index contributed by atoms with van der Waals surface area (Å²) in [6.07, 6.45) is 14.4. The highest BCUT2D eigenvalue weighted by Crippen LogP contribution is 2.41. The number of aryl methyl sites for hydroxylation is 1. The fourth-order valence-corrected chi connectivity index (χ4v) is 4.35. The maximum Gasteiger partial charge on any atom is 0.196 e. The molecular weight excluding hydrogens is 443 g/mol. The van der Waals surface area contributed by atoms with Gasteiger partial charge in [-0.3, -0.25) is 4.79 Å². The first-order valence-electron chi connectivity index (χ1n) is 10.9. The van der Waals surface area contributed by atoms with Crippen LogP contribution < -0.4 is 0 Å². The molecule has 0 saturated carbocycles. The second-order valence-electron chi connectivity index (χ2n) is 7.95. The van der Waals surface area contributed by atoms with Crippen LogP contribution in [0.2, 0.25) is 5.02 Å². The van der Waals surface area contributed by atoms with Gasteiger partial charge in [0.15, 0.2) is 5.78 Å². The zero-order valence-corrected chi connectivity index (χ0v) is 19.8. The number of aromatic hydroxyl groups is 2. The second-order valence-corrected chi connectivity index (χ2v) is 9.22. The molecule has 0 amide bonds. The molecule has 166 valence electrons. The molecule has 0 unspecified atom stereocenters. The molecule has 0 aliphatic heterocycles. The van der Waals surface area contributed by atoms with Gasteiger partial charge in [0.25, 0.3) is 0 Å². The predicted molar refractivity (Wildman–Crippen MR) is 126 cm³/mol. The number of halogens is 3. The SMILES string of the molecule is CCCCCCCCCCCCc1cc(Cl)c(O)c(C(=O)C2=CC(Cl)=C(Cl)C2)c1O. The highest BCUT2D eigenvalue weighted by Gasteiger charge is 2.27. The van der Waals surface area contributed by atoms with Crippen molar-refractivity contribution in [2.45, 2.75) is 84.0 Å². The number of ketones is 1. The quantitative estimate of drug-likeness (QED) is 0.223. The lowest BCUT2D eigenvalue weighted by Gasteiger charge is -2.13. The first-order chi connectivity index (χ1) is 14.4. The van der Waals surface area contributed by atoms with Gasteiger partial charge in [-0.1, -0.05) is 99.5 Å². The number of hydrogen-bond donors (Lipinski definition) is 2. The van der Waals surface area contributed by atoms with Crippen molar-refractivity contribution in [3.05, 3.63) is 43.9 Å². The highest BCUT2D eigenvalue weighted by molar-refractivity contribution is 6.42. The summed E-state index contributed by atoms with van der Waals surface area (Å²) in [6, 6.07) is 1.54. The zero-order chi connectivity index (χ0) is 22.1. The van der Waals surface area contributed by atoms with Crippen molar-refractivity contribution in [2.75, 3.05) is 0 Å². The fraction of sp³-hybridized carbons (Fsp3) is 0.542. The Bertz CT molecular complexity index is 812. The topological polar surface area (TPSA) is 57.5 Å². The van der Waals surface area contributed by atoms with Crippen LogP contribution in [0.15, 0.2) is 27.8 Å². The van der Waals surface area contributed by atoms with Crippen molar-refractivity contribution in [1.29, 1.82) is 0 Å². The summed E-state index contributed by atoms with van der Waals surface area (Å²) in [4.78, 5) is 12.8. The van der Waals surface area contributed by atoms with E-state index in [1.807, 2.05) is 0 Å². The molecule has 2 rings (SSSR count). The molecule has 1 aliphatic carbocycles. The van der Waals surface area contributed by atoms with Crippen LogP contribution in [0.5, 0.6) is 11.5 Å². The number of unbranched alkanes of at least 4 members (excludes halogenated alkanes) is 9. The Morgan fingerprint density at radius 1 is 0.900 bits per heavy atom. The Morgan fingerprint density at radius 3 is 2.00 bits per heavy atom. The highest BCUT2D eigenvalue weighted by atomic mass is 35.5. The molecule has 0 bridgehead atoms. The minimum atomic E-state index is -0.509. The lowest BCUT2D eigenvalue weighted by atomic mass is 9.95. The largest absolute Gasteiger partial charge is 0.507 e. The molecule has 0 radical (unpaired) electrons. The standard InChI is InChI=1S/C24H31Cl3O3/c1-2-3-4-5-6-7-8-9-10-11-12-16-13-20(27)24(30)21(22(16)28)23(29)17-14-18(25)19(26)15-17/h13-14,28,30H,2-12,15H2,1H3. The molecule has 30 heavy (non-hydrogen) atoms. The number of carbonyl (C=O) groups excluding carboxylic acids is 1. The van der Waals surface area contributed by atoms with Crippen LogP contribution in [-0.4, -0.2) is 16.0 Å². The van der Waals surface area contributed by atoms with Gasteiger partial charge >= 0.3 is 0 Å². The van der Waals surface area contributed by atoms with Gasteiger partial charge in [0.1, 0.15) is 17.1 Å². The van der Waals surface area contributed by atoms with Gasteiger partial charge < -0.3 is 10.2 Å². The third-order valence-electron chi connectivity index (χ3n) is 5.53. The van der Waals surface area contributed by atoms with Gasteiger partial charge in [-0.05, 0) is 30.5 Å². The fourth-order valence-electron chi connectivity index (χ4n) is 3.73. The van der Waals surface area contributed by atoms with Crippen molar-refractivity contribution in [2.24, 2.45) is 0 Å². The van der Waals surface area contributed by atoms with Gasteiger partial charge in [0, 0.05) is 17.0 Å². The molecule has 6 heteroatoms. The third-order valence-corrected chi connectivity index (χ3v) is 6.59. The zero-order valence-electron chi connectivity index (χ0n) is 17.6. The number of rotatable bonds is 13. The third kappa shape index (κ3) is 6.93. The number of phenolic OH excluding ortho intramolecular Hbond substituents is 2. The average molecular weight is 474 g/mol. The number of hydrogen-bond acceptors (Lipinski definition) is 3. The summed E-state index contributed by atoms with van der Waals surface area (Å²) in [6.45, 7) is 2.23. The monoisotopic (exact) mass is 472 g/mol. The van der Waals surface area contributed by atoms with Crippen molar-refractivity contribution < 1.29 is 15.0 Å². The van der Waals surface area contributed by atoms with E-state index in [2.05, 4.69) is 6.92 Å². The van der Waals surface area contributed by atoms with E-state index in [1.54, 1.807) is 0 Å². The number of allylic oxidation sites excluding steroid dienone is 4. The molecule has 0 atom stereocenters. The Labute approximate surface area is 194 Å². The average Bonchev–Trinajstić information content (AvgIpc) is 3.05. The van der Waals surface area contributed by atoms with Gasteiger partial charge in [0.05, 0.1) is 10.1 Å². The van der Waals surface area contributed by atoms with Crippen molar-refractivity contribution in [1.82, 2.24) is 0 Å². The molecule has 2 N–H and O–H groups in total. The van der Waals surface area contributed by atoms with E-state index in [1.165, 1.54) is 57.1 Å². The van der Waals surface area contributed by atoms with Crippen LogP contribution in [0, 0.1) is 0 Å². The molecule has 1 aromatic rings. The van der Waals surface area contributed by atoms with Crippen molar-refractivity contribution in [3.63, 3.8) is 0 Å². The van der Waals surface area contributed by atoms with E-state index in [0.717, 1.165) is 19.3 Å². The summed E-state index contributed by atoms with van der Waals surface area (Å²) < 4.78 is 0. The van der Waals surface area contributed by atoms with E-state index >= 15 is 0 Å². The molecule has 0 spiro atoms. The van der Waals surface area contributed by atoms with Crippen LogP contribution in [-0.2, 0) is 6.42 Å². The Morgan fingerprint density at radius 2 is 1.47 bits per heavy atom. The van der Waals surface area contributed by atoms with Crippen LogP contribution in [0.25, 0.3) is 0 Å². The Kier molecular flexibility index (Phi) is 10.6. The minimum Gasteiger partial charge on any atom is -0.507 e. The van der Waals surface area contributed by atoms with Crippen LogP contribution in [0.1, 0.15) is 93.5 Å². The molecule has 0 fully saturated rings. The molecule has 3 nitrogen and oxygen atoms in total. The van der Waals surface area contributed by atoms with E-state index in [-0.39, 0.29) is 22.8 Å². The number of benzene rings is 1. The number of carbonyl (C=O) groups is 1.